The van der Waals surface area contributed by atoms with Crippen LogP contribution in [0, 0.1) is 5.41 Å². The highest BCUT2D eigenvalue weighted by atomic mass is 16.5. The number of nitrogens with one attached hydrogen (secondary N) is 2. The highest BCUT2D eigenvalue weighted by Crippen LogP contribution is 2.48. The number of methoxy groups -OCH3 is 1. The van der Waals surface area contributed by atoms with Gasteiger partial charge in [0.05, 0.1) is 6.54 Å². The molecule has 1 fully saturated rings. The summed E-state index contributed by atoms with van der Waals surface area (Å²) < 4.78 is 5.11. The Kier molecular flexibility index (Phi) is 5.92. The molecule has 100 valence electrons. The Hall–Kier alpha value is -0.610. The van der Waals surface area contributed by atoms with Crippen LogP contribution in [0.1, 0.15) is 39.5 Å². The zero-order chi connectivity index (χ0) is 12.7. The van der Waals surface area contributed by atoms with Gasteiger partial charge in [-0.2, -0.15) is 0 Å². The van der Waals surface area contributed by atoms with E-state index in [1.165, 1.54) is 12.8 Å². The maximum Gasteiger partial charge on any atom is 0.234 e. The van der Waals surface area contributed by atoms with Crippen molar-refractivity contribution in [3.63, 3.8) is 0 Å². The minimum atomic E-state index is 0.0990. The molecule has 1 saturated carbocycles. The van der Waals surface area contributed by atoms with Crippen LogP contribution < -0.4 is 10.6 Å². The second kappa shape index (κ2) is 6.97. The molecule has 0 aliphatic heterocycles. The Morgan fingerprint density at radius 3 is 2.71 bits per heavy atom. The summed E-state index contributed by atoms with van der Waals surface area (Å²) in [6, 6.07) is 0.271. The normalized spacial score (nSPS) is 18.8. The van der Waals surface area contributed by atoms with Gasteiger partial charge in [0.2, 0.25) is 5.91 Å². The number of ether oxygens (including phenoxy) is 1. The molecule has 1 aliphatic rings. The molecule has 0 aromatic heterocycles. The number of rotatable bonds is 9. The fourth-order valence-electron chi connectivity index (χ4n) is 1.88. The highest BCUT2D eigenvalue weighted by molar-refractivity contribution is 5.78. The summed E-state index contributed by atoms with van der Waals surface area (Å²) in [5.41, 5.74) is 0.409. The second-order valence-electron chi connectivity index (χ2n) is 5.22. The molecule has 0 bridgehead atoms. The van der Waals surface area contributed by atoms with Crippen molar-refractivity contribution in [2.75, 3.05) is 26.8 Å². The molecule has 4 heteroatoms. The average molecular weight is 242 g/mol. The van der Waals surface area contributed by atoms with Crippen molar-refractivity contribution in [2.45, 2.75) is 45.6 Å². The molecular weight excluding hydrogens is 216 g/mol. The summed E-state index contributed by atoms with van der Waals surface area (Å²) in [5.74, 6) is 0.0990. The van der Waals surface area contributed by atoms with Gasteiger partial charge in [-0.05, 0) is 38.0 Å². The van der Waals surface area contributed by atoms with Gasteiger partial charge in [-0.25, -0.2) is 0 Å². The third-order valence-electron chi connectivity index (χ3n) is 3.60. The number of hydrogen-bond acceptors (Lipinski definition) is 3. The lowest BCUT2D eigenvalue weighted by molar-refractivity contribution is -0.120. The summed E-state index contributed by atoms with van der Waals surface area (Å²) in [6.07, 6.45) is 4.60. The van der Waals surface area contributed by atoms with Gasteiger partial charge in [-0.1, -0.05) is 6.92 Å². The van der Waals surface area contributed by atoms with Crippen LogP contribution in [0.2, 0.25) is 0 Å². The monoisotopic (exact) mass is 242 g/mol. The van der Waals surface area contributed by atoms with Crippen LogP contribution >= 0.6 is 0 Å². The molecule has 1 aliphatic carbocycles. The van der Waals surface area contributed by atoms with E-state index < -0.39 is 0 Å². The predicted octanol–water partition coefficient (Wildman–Crippen LogP) is 1.31. The molecule has 0 aromatic carbocycles. The Bertz CT molecular complexity index is 240. The van der Waals surface area contributed by atoms with E-state index in [1.807, 2.05) is 6.92 Å². The largest absolute Gasteiger partial charge is 0.385 e. The summed E-state index contributed by atoms with van der Waals surface area (Å²) >= 11 is 0. The number of hydrogen-bond donors (Lipinski definition) is 2. The fraction of sp³-hybridized carbons (Fsp3) is 0.923. The van der Waals surface area contributed by atoms with Crippen molar-refractivity contribution >= 4 is 5.91 Å². The fourth-order valence-corrected chi connectivity index (χ4v) is 1.88. The lowest BCUT2D eigenvalue weighted by Gasteiger charge is -2.16. The minimum Gasteiger partial charge on any atom is -0.385 e. The van der Waals surface area contributed by atoms with E-state index in [1.54, 1.807) is 7.11 Å². The zero-order valence-electron chi connectivity index (χ0n) is 11.3. The van der Waals surface area contributed by atoms with Gasteiger partial charge in [0, 0.05) is 26.3 Å². The number of carbonyl (C=O) groups is 1. The lowest BCUT2D eigenvalue weighted by atomic mass is 10.0. The molecule has 4 nitrogen and oxygen atoms in total. The number of amides is 1. The van der Waals surface area contributed by atoms with Crippen LogP contribution in [-0.2, 0) is 9.53 Å². The molecular formula is C13H26N2O2. The van der Waals surface area contributed by atoms with Crippen molar-refractivity contribution in [2.24, 2.45) is 5.41 Å². The van der Waals surface area contributed by atoms with Crippen LogP contribution in [-0.4, -0.2) is 38.8 Å². The van der Waals surface area contributed by atoms with E-state index in [0.717, 1.165) is 26.0 Å². The molecule has 0 saturated heterocycles. The van der Waals surface area contributed by atoms with E-state index in [0.29, 0.717) is 12.0 Å². The lowest BCUT2D eigenvalue weighted by Crippen LogP contribution is -2.40. The first-order valence-corrected chi connectivity index (χ1v) is 6.61. The predicted molar refractivity (Wildman–Crippen MR) is 68.9 cm³/mol. The van der Waals surface area contributed by atoms with Crippen molar-refractivity contribution in [1.82, 2.24) is 10.6 Å². The van der Waals surface area contributed by atoms with Crippen LogP contribution in [0.3, 0.4) is 0 Å². The summed E-state index contributed by atoms with van der Waals surface area (Å²) in [6.45, 7) is 6.28. The van der Waals surface area contributed by atoms with Gasteiger partial charge in [0.15, 0.2) is 0 Å². The molecule has 1 unspecified atom stereocenters. The molecule has 0 aromatic rings. The van der Waals surface area contributed by atoms with Crippen LogP contribution in [0.15, 0.2) is 0 Å². The smallest absolute Gasteiger partial charge is 0.234 e. The first-order valence-electron chi connectivity index (χ1n) is 6.61. The number of carbonyl (C=O) groups excluding carboxylic acids is 1. The summed E-state index contributed by atoms with van der Waals surface area (Å²) in [5, 5.41) is 6.21. The molecule has 1 rings (SSSR count). The first-order chi connectivity index (χ1) is 8.12. The van der Waals surface area contributed by atoms with Crippen molar-refractivity contribution in [3.8, 4) is 0 Å². The minimum absolute atomic E-state index is 0.0990. The standard InChI is InChI=1S/C13H26N2O2/c1-4-11(2)15-12(16)9-14-10-13(5-6-13)7-8-17-3/h11,14H,4-10H2,1-3H3,(H,15,16). The Morgan fingerprint density at radius 2 is 2.18 bits per heavy atom. The van der Waals surface area contributed by atoms with E-state index in [4.69, 9.17) is 4.74 Å². The average Bonchev–Trinajstić information content (AvgIpc) is 3.07. The maximum absolute atomic E-state index is 11.5. The van der Waals surface area contributed by atoms with Gasteiger partial charge in [0.25, 0.3) is 0 Å². The Balaban J connectivity index is 2.09. The molecule has 0 spiro atoms. The Labute approximate surface area is 104 Å². The van der Waals surface area contributed by atoms with E-state index >= 15 is 0 Å². The van der Waals surface area contributed by atoms with Gasteiger partial charge < -0.3 is 15.4 Å². The van der Waals surface area contributed by atoms with E-state index in [-0.39, 0.29) is 11.9 Å². The summed E-state index contributed by atoms with van der Waals surface area (Å²) in [4.78, 5) is 11.5. The third kappa shape index (κ3) is 5.50. The molecule has 17 heavy (non-hydrogen) atoms. The zero-order valence-corrected chi connectivity index (χ0v) is 11.3. The van der Waals surface area contributed by atoms with Gasteiger partial charge in [0.1, 0.15) is 0 Å². The van der Waals surface area contributed by atoms with Crippen LogP contribution in [0.4, 0.5) is 0 Å². The first kappa shape index (κ1) is 14.5. The van der Waals surface area contributed by atoms with Gasteiger partial charge in [-0.15, -0.1) is 0 Å². The van der Waals surface area contributed by atoms with Crippen molar-refractivity contribution in [1.29, 1.82) is 0 Å². The van der Waals surface area contributed by atoms with Gasteiger partial charge >= 0.3 is 0 Å². The molecule has 1 atom stereocenters. The van der Waals surface area contributed by atoms with Gasteiger partial charge in [-0.3, -0.25) is 4.79 Å². The SMILES string of the molecule is CCC(C)NC(=O)CNCC1(CCOC)CC1. The van der Waals surface area contributed by atoms with Crippen molar-refractivity contribution < 1.29 is 9.53 Å². The van der Waals surface area contributed by atoms with Crippen molar-refractivity contribution in [3.05, 3.63) is 0 Å². The highest BCUT2D eigenvalue weighted by Gasteiger charge is 2.41. The summed E-state index contributed by atoms with van der Waals surface area (Å²) in [7, 11) is 1.74. The molecule has 0 heterocycles. The second-order valence-corrected chi connectivity index (χ2v) is 5.22. The third-order valence-corrected chi connectivity index (χ3v) is 3.60. The van der Waals surface area contributed by atoms with E-state index in [2.05, 4.69) is 17.6 Å². The molecule has 1 amide bonds. The maximum atomic E-state index is 11.5. The molecule has 0 radical (unpaired) electrons. The quantitative estimate of drug-likeness (QED) is 0.641. The van der Waals surface area contributed by atoms with E-state index in [9.17, 15) is 4.79 Å². The topological polar surface area (TPSA) is 50.4 Å². The van der Waals surface area contributed by atoms with Crippen LogP contribution in [0.25, 0.3) is 0 Å². The van der Waals surface area contributed by atoms with Crippen LogP contribution in [0.5, 0.6) is 0 Å². The molecule has 2 N–H and O–H groups in total. The Morgan fingerprint density at radius 1 is 1.47 bits per heavy atom.